The molecule has 0 aromatic carbocycles. The summed E-state index contributed by atoms with van der Waals surface area (Å²) in [5, 5.41) is 0. The maximum atomic E-state index is 4.41. The zero-order valence-electron chi connectivity index (χ0n) is 8.52. The minimum absolute atomic E-state index is 1.03. The third-order valence-electron chi connectivity index (χ3n) is 2.85. The lowest BCUT2D eigenvalue weighted by atomic mass is 10.2. The van der Waals surface area contributed by atoms with Gasteiger partial charge in [-0.15, -0.1) is 11.3 Å². The quantitative estimate of drug-likeness (QED) is 0.776. The summed E-state index contributed by atoms with van der Waals surface area (Å²) in [6.45, 7) is 3.49. The number of pyridine rings is 1. The maximum Gasteiger partial charge on any atom is 0.143 e. The molecule has 0 spiro atoms. The first-order chi connectivity index (χ1) is 7.42. The van der Waals surface area contributed by atoms with Gasteiger partial charge >= 0.3 is 0 Å². The number of likely N-dealkylation sites (tertiary alicyclic amines) is 1. The fraction of sp³-hybridized carbons (Fsp3) is 0.455. The summed E-state index contributed by atoms with van der Waals surface area (Å²) in [5.74, 6) is 0. The van der Waals surface area contributed by atoms with Crippen LogP contribution in [0.1, 0.15) is 18.4 Å². The molecule has 0 atom stereocenters. The van der Waals surface area contributed by atoms with E-state index in [-0.39, 0.29) is 0 Å². The van der Waals surface area contributed by atoms with Gasteiger partial charge in [-0.25, -0.2) is 9.97 Å². The van der Waals surface area contributed by atoms with Gasteiger partial charge in [0.1, 0.15) is 10.3 Å². The van der Waals surface area contributed by atoms with Crippen LogP contribution < -0.4 is 0 Å². The van der Waals surface area contributed by atoms with Crippen molar-refractivity contribution in [3.05, 3.63) is 23.3 Å². The fourth-order valence-electron chi connectivity index (χ4n) is 2.08. The van der Waals surface area contributed by atoms with Crippen LogP contribution in [0, 0.1) is 0 Å². The van der Waals surface area contributed by atoms with E-state index in [0.717, 1.165) is 16.9 Å². The summed E-state index contributed by atoms with van der Waals surface area (Å²) < 4.78 is 0. The highest BCUT2D eigenvalue weighted by atomic mass is 32.1. The number of hydrogen-bond donors (Lipinski definition) is 0. The lowest BCUT2D eigenvalue weighted by Gasteiger charge is -2.13. The molecular weight excluding hydrogens is 206 g/mol. The first-order valence-electron chi connectivity index (χ1n) is 5.32. The third-order valence-corrected chi connectivity index (χ3v) is 3.60. The Kier molecular flexibility index (Phi) is 2.38. The molecule has 0 amide bonds. The Hall–Kier alpha value is -1.00. The number of thiazole rings is 1. The van der Waals surface area contributed by atoms with Crippen LogP contribution in [-0.4, -0.2) is 28.0 Å². The maximum absolute atomic E-state index is 4.41. The van der Waals surface area contributed by atoms with Crippen molar-refractivity contribution in [1.29, 1.82) is 0 Å². The van der Waals surface area contributed by atoms with Crippen molar-refractivity contribution in [2.45, 2.75) is 19.4 Å². The first-order valence-corrected chi connectivity index (χ1v) is 6.20. The Balaban J connectivity index is 1.84. The fourth-order valence-corrected chi connectivity index (χ4v) is 2.70. The molecule has 1 aliphatic rings. The van der Waals surface area contributed by atoms with Crippen LogP contribution in [0.2, 0.25) is 0 Å². The van der Waals surface area contributed by atoms with Crippen molar-refractivity contribution < 1.29 is 0 Å². The Morgan fingerprint density at radius 2 is 2.13 bits per heavy atom. The predicted molar refractivity (Wildman–Crippen MR) is 61.9 cm³/mol. The molecule has 1 fully saturated rings. The Labute approximate surface area is 92.8 Å². The van der Waals surface area contributed by atoms with Crippen LogP contribution in [-0.2, 0) is 6.54 Å². The van der Waals surface area contributed by atoms with Crippen LogP contribution in [0.5, 0.6) is 0 Å². The van der Waals surface area contributed by atoms with Gasteiger partial charge < -0.3 is 0 Å². The van der Waals surface area contributed by atoms with Gasteiger partial charge in [0.25, 0.3) is 0 Å². The van der Waals surface area contributed by atoms with E-state index in [9.17, 15) is 0 Å². The molecule has 0 saturated carbocycles. The lowest BCUT2D eigenvalue weighted by molar-refractivity contribution is 0.331. The number of nitrogens with zero attached hydrogens (tertiary/aromatic N) is 3. The second kappa shape index (κ2) is 3.87. The topological polar surface area (TPSA) is 29.0 Å². The molecule has 1 aliphatic heterocycles. The molecular formula is C11H13N3S. The molecule has 78 valence electrons. The third kappa shape index (κ3) is 1.87. The van der Waals surface area contributed by atoms with Crippen LogP contribution in [0.25, 0.3) is 10.3 Å². The van der Waals surface area contributed by atoms with Crippen molar-refractivity contribution in [2.24, 2.45) is 0 Å². The van der Waals surface area contributed by atoms with Crippen molar-refractivity contribution in [3.8, 4) is 0 Å². The van der Waals surface area contributed by atoms with E-state index in [1.165, 1.54) is 31.5 Å². The van der Waals surface area contributed by atoms with E-state index in [0.29, 0.717) is 0 Å². The highest BCUT2D eigenvalue weighted by Crippen LogP contribution is 2.18. The van der Waals surface area contributed by atoms with Crippen molar-refractivity contribution in [1.82, 2.24) is 14.9 Å². The smallest absolute Gasteiger partial charge is 0.143 e. The lowest BCUT2D eigenvalue weighted by Crippen LogP contribution is -2.18. The molecule has 3 rings (SSSR count). The van der Waals surface area contributed by atoms with Gasteiger partial charge in [-0.05, 0) is 37.6 Å². The molecule has 0 aliphatic carbocycles. The molecule has 0 unspecified atom stereocenters. The van der Waals surface area contributed by atoms with E-state index in [4.69, 9.17) is 0 Å². The second-order valence-electron chi connectivity index (χ2n) is 4.00. The number of rotatable bonds is 2. The van der Waals surface area contributed by atoms with E-state index in [1.807, 2.05) is 11.7 Å². The summed E-state index contributed by atoms with van der Waals surface area (Å²) in [5.41, 5.74) is 4.18. The average Bonchev–Trinajstić information content (AvgIpc) is 2.87. The summed E-state index contributed by atoms with van der Waals surface area (Å²) in [7, 11) is 0. The molecule has 0 N–H and O–H groups in total. The minimum Gasteiger partial charge on any atom is -0.299 e. The second-order valence-corrected chi connectivity index (χ2v) is 4.84. The summed E-state index contributed by atoms with van der Waals surface area (Å²) in [4.78, 5) is 12.2. The molecule has 2 aromatic rings. The normalized spacial score (nSPS) is 17.6. The summed E-state index contributed by atoms with van der Waals surface area (Å²) in [6, 6.07) is 2.16. The molecule has 4 heteroatoms. The largest absolute Gasteiger partial charge is 0.299 e. The van der Waals surface area contributed by atoms with Crippen LogP contribution in [0.4, 0.5) is 0 Å². The average molecular weight is 219 g/mol. The summed E-state index contributed by atoms with van der Waals surface area (Å²) in [6.07, 6.45) is 4.66. The van der Waals surface area contributed by atoms with Crippen LogP contribution in [0.15, 0.2) is 17.8 Å². The van der Waals surface area contributed by atoms with Crippen LogP contribution in [0.3, 0.4) is 0 Å². The monoisotopic (exact) mass is 219 g/mol. The Morgan fingerprint density at radius 3 is 3.00 bits per heavy atom. The molecule has 2 aromatic heterocycles. The van der Waals surface area contributed by atoms with Gasteiger partial charge in [0.2, 0.25) is 0 Å². The van der Waals surface area contributed by atoms with Gasteiger partial charge in [-0.1, -0.05) is 0 Å². The highest BCUT2D eigenvalue weighted by Gasteiger charge is 2.12. The van der Waals surface area contributed by atoms with Gasteiger partial charge in [-0.3, -0.25) is 4.90 Å². The first kappa shape index (κ1) is 9.24. The van der Waals surface area contributed by atoms with E-state index >= 15 is 0 Å². The molecule has 3 nitrogen and oxygen atoms in total. The molecule has 3 heterocycles. The van der Waals surface area contributed by atoms with Gasteiger partial charge in [0.05, 0.1) is 5.51 Å². The molecule has 0 radical (unpaired) electrons. The minimum atomic E-state index is 1.03. The van der Waals surface area contributed by atoms with E-state index in [1.54, 1.807) is 11.3 Å². The van der Waals surface area contributed by atoms with E-state index < -0.39 is 0 Å². The number of fused-ring (bicyclic) bond motifs is 1. The highest BCUT2D eigenvalue weighted by molar-refractivity contribution is 7.16. The molecule has 0 bridgehead atoms. The standard InChI is InChI=1S/C11H13N3S/c1-2-4-14(3-1)7-9-5-10-11(12-6-9)15-8-13-10/h5-6,8H,1-4,7H2. The summed E-state index contributed by atoms with van der Waals surface area (Å²) >= 11 is 1.60. The van der Waals surface area contributed by atoms with Crippen molar-refractivity contribution >= 4 is 21.7 Å². The Morgan fingerprint density at radius 1 is 1.27 bits per heavy atom. The molecule has 15 heavy (non-hydrogen) atoms. The van der Waals surface area contributed by atoms with Gasteiger partial charge in [0, 0.05) is 12.7 Å². The van der Waals surface area contributed by atoms with Gasteiger partial charge in [-0.2, -0.15) is 0 Å². The van der Waals surface area contributed by atoms with E-state index in [2.05, 4.69) is 20.9 Å². The zero-order chi connectivity index (χ0) is 10.1. The molecule has 1 saturated heterocycles. The number of aromatic nitrogens is 2. The van der Waals surface area contributed by atoms with Crippen molar-refractivity contribution in [2.75, 3.05) is 13.1 Å². The zero-order valence-corrected chi connectivity index (χ0v) is 9.33. The van der Waals surface area contributed by atoms with Crippen LogP contribution >= 0.6 is 11.3 Å². The van der Waals surface area contributed by atoms with Gasteiger partial charge in [0.15, 0.2) is 0 Å². The SMILES string of the molecule is c1nc2cc(CN3CCCC3)cnc2s1. The predicted octanol–water partition coefficient (Wildman–Crippen LogP) is 2.29. The Bertz CT molecular complexity index is 460. The number of hydrogen-bond acceptors (Lipinski definition) is 4. The van der Waals surface area contributed by atoms with Crippen molar-refractivity contribution in [3.63, 3.8) is 0 Å².